The van der Waals surface area contributed by atoms with Gasteiger partial charge in [0.25, 0.3) is 0 Å². The summed E-state index contributed by atoms with van der Waals surface area (Å²) in [5.74, 6) is 3.41. The van der Waals surface area contributed by atoms with E-state index in [-0.39, 0.29) is 0 Å². The second kappa shape index (κ2) is 6.44. The van der Waals surface area contributed by atoms with Gasteiger partial charge in [-0.1, -0.05) is 6.92 Å². The number of aromatic nitrogens is 4. The summed E-state index contributed by atoms with van der Waals surface area (Å²) in [6.07, 6.45) is 3.61. The highest BCUT2D eigenvalue weighted by Crippen LogP contribution is 2.43. The molecular weight excluding hydrogens is 372 g/mol. The van der Waals surface area contributed by atoms with E-state index >= 15 is 0 Å². The van der Waals surface area contributed by atoms with Crippen LogP contribution in [0.5, 0.6) is 11.5 Å². The number of hydrogen-bond acceptors (Lipinski definition) is 6. The molecule has 1 aromatic carbocycles. The van der Waals surface area contributed by atoms with E-state index in [9.17, 15) is 0 Å². The molecule has 7 heteroatoms. The minimum atomic E-state index is 0.534. The molecule has 5 rings (SSSR count). The highest BCUT2D eigenvalue weighted by Gasteiger charge is 2.26. The monoisotopic (exact) mass is 394 g/mol. The Hall–Kier alpha value is -2.67. The number of fused-ring (bicyclic) bond motifs is 5. The lowest BCUT2D eigenvalue weighted by molar-refractivity contribution is 0.355. The van der Waals surface area contributed by atoms with E-state index in [1.807, 2.05) is 41.0 Å². The number of methoxy groups -OCH3 is 2. The van der Waals surface area contributed by atoms with Gasteiger partial charge in [-0.25, -0.2) is 9.97 Å². The number of aryl methyl sites for hydroxylation is 2. The van der Waals surface area contributed by atoms with E-state index in [2.05, 4.69) is 6.92 Å². The third kappa shape index (κ3) is 2.49. The molecule has 1 atom stereocenters. The van der Waals surface area contributed by atoms with Gasteiger partial charge in [-0.05, 0) is 55.9 Å². The molecule has 3 aromatic heterocycles. The van der Waals surface area contributed by atoms with Crippen LogP contribution in [0.25, 0.3) is 27.3 Å². The van der Waals surface area contributed by atoms with Crippen molar-refractivity contribution >= 4 is 27.2 Å². The Bertz CT molecular complexity index is 1210. The Labute approximate surface area is 167 Å². The minimum absolute atomic E-state index is 0.534. The fraction of sp³-hybridized carbons (Fsp3) is 0.381. The van der Waals surface area contributed by atoms with Crippen molar-refractivity contribution in [3.63, 3.8) is 0 Å². The van der Waals surface area contributed by atoms with Crippen molar-refractivity contribution in [1.29, 1.82) is 0 Å². The third-order valence-electron chi connectivity index (χ3n) is 5.58. The maximum atomic E-state index is 5.44. The zero-order valence-electron chi connectivity index (χ0n) is 16.4. The Morgan fingerprint density at radius 2 is 1.96 bits per heavy atom. The van der Waals surface area contributed by atoms with Gasteiger partial charge >= 0.3 is 0 Å². The van der Waals surface area contributed by atoms with Gasteiger partial charge in [0, 0.05) is 10.4 Å². The van der Waals surface area contributed by atoms with Gasteiger partial charge in [0.2, 0.25) is 0 Å². The van der Waals surface area contributed by atoms with E-state index in [0.717, 1.165) is 28.3 Å². The molecule has 0 bridgehead atoms. The van der Waals surface area contributed by atoms with Gasteiger partial charge in [0.15, 0.2) is 23.0 Å². The molecular formula is C21H22N4O2S. The van der Waals surface area contributed by atoms with Crippen LogP contribution in [0.15, 0.2) is 18.2 Å². The molecule has 0 amide bonds. The molecule has 3 heterocycles. The zero-order valence-corrected chi connectivity index (χ0v) is 17.3. The van der Waals surface area contributed by atoms with Gasteiger partial charge in [-0.2, -0.15) is 4.52 Å². The van der Waals surface area contributed by atoms with Crippen LogP contribution in [-0.4, -0.2) is 33.8 Å². The number of ether oxygens (including phenoxy) is 2. The summed E-state index contributed by atoms with van der Waals surface area (Å²) in [6, 6.07) is 5.76. The molecule has 0 saturated carbocycles. The van der Waals surface area contributed by atoms with E-state index in [1.54, 1.807) is 14.2 Å². The summed E-state index contributed by atoms with van der Waals surface area (Å²) in [4.78, 5) is 12.3. The maximum Gasteiger partial charge on any atom is 0.182 e. The van der Waals surface area contributed by atoms with Crippen molar-refractivity contribution in [2.45, 2.75) is 39.0 Å². The molecule has 1 aliphatic carbocycles. The van der Waals surface area contributed by atoms with E-state index < -0.39 is 0 Å². The van der Waals surface area contributed by atoms with Gasteiger partial charge in [-0.15, -0.1) is 16.4 Å². The number of nitrogens with zero attached hydrogens (tertiary/aromatic N) is 4. The lowest BCUT2D eigenvalue weighted by Crippen LogP contribution is -2.05. The predicted molar refractivity (Wildman–Crippen MR) is 111 cm³/mol. The second-order valence-corrected chi connectivity index (χ2v) is 8.40. The molecule has 4 aromatic rings. The van der Waals surface area contributed by atoms with E-state index in [0.29, 0.717) is 23.2 Å². The third-order valence-corrected chi connectivity index (χ3v) is 6.74. The van der Waals surface area contributed by atoms with E-state index in [4.69, 9.17) is 24.5 Å². The zero-order chi connectivity index (χ0) is 19.4. The summed E-state index contributed by atoms with van der Waals surface area (Å²) < 4.78 is 12.7. The fourth-order valence-electron chi connectivity index (χ4n) is 4.18. The van der Waals surface area contributed by atoms with Crippen molar-refractivity contribution in [2.75, 3.05) is 14.2 Å². The maximum absolute atomic E-state index is 5.44. The topological polar surface area (TPSA) is 61.5 Å². The van der Waals surface area contributed by atoms with Crippen LogP contribution < -0.4 is 9.47 Å². The first-order chi connectivity index (χ1) is 13.6. The average Bonchev–Trinajstić information content (AvgIpc) is 3.30. The summed E-state index contributed by atoms with van der Waals surface area (Å²) in [6.45, 7) is 4.30. The van der Waals surface area contributed by atoms with Crippen LogP contribution in [0.1, 0.15) is 41.9 Å². The summed E-state index contributed by atoms with van der Waals surface area (Å²) >= 11 is 1.82. The van der Waals surface area contributed by atoms with E-state index in [1.165, 1.54) is 28.7 Å². The predicted octanol–water partition coefficient (Wildman–Crippen LogP) is 4.77. The van der Waals surface area contributed by atoms with Crippen molar-refractivity contribution in [3.05, 3.63) is 34.5 Å². The Kier molecular flexibility index (Phi) is 4.01. The first kappa shape index (κ1) is 17.4. The van der Waals surface area contributed by atoms with Gasteiger partial charge in [0.1, 0.15) is 10.7 Å². The van der Waals surface area contributed by atoms with Crippen molar-refractivity contribution in [3.8, 4) is 22.9 Å². The Morgan fingerprint density at radius 3 is 2.75 bits per heavy atom. The molecule has 144 valence electrons. The van der Waals surface area contributed by atoms with Crippen molar-refractivity contribution < 1.29 is 9.47 Å². The van der Waals surface area contributed by atoms with Crippen LogP contribution in [0.4, 0.5) is 0 Å². The van der Waals surface area contributed by atoms with Gasteiger partial charge in [-0.3, -0.25) is 0 Å². The smallest absolute Gasteiger partial charge is 0.182 e. The molecule has 28 heavy (non-hydrogen) atoms. The van der Waals surface area contributed by atoms with Gasteiger partial charge < -0.3 is 9.47 Å². The summed E-state index contributed by atoms with van der Waals surface area (Å²) in [5, 5.41) is 5.95. The Morgan fingerprint density at radius 1 is 1.14 bits per heavy atom. The normalized spacial score (nSPS) is 16.5. The highest BCUT2D eigenvalue weighted by atomic mass is 32.1. The lowest BCUT2D eigenvalue weighted by Gasteiger charge is -2.18. The molecule has 6 nitrogen and oxygen atoms in total. The molecule has 0 N–H and O–H groups in total. The first-order valence-electron chi connectivity index (χ1n) is 9.51. The highest BCUT2D eigenvalue weighted by molar-refractivity contribution is 7.19. The number of rotatable bonds is 3. The number of hydrogen-bond donors (Lipinski definition) is 0. The van der Waals surface area contributed by atoms with Gasteiger partial charge in [0.05, 0.1) is 19.6 Å². The van der Waals surface area contributed by atoms with Crippen LogP contribution in [-0.2, 0) is 6.42 Å². The van der Waals surface area contributed by atoms with Crippen molar-refractivity contribution in [2.24, 2.45) is 0 Å². The number of benzene rings is 1. The summed E-state index contributed by atoms with van der Waals surface area (Å²) in [5.41, 5.74) is 3.22. The molecule has 1 aliphatic rings. The van der Waals surface area contributed by atoms with Crippen LogP contribution in [0.3, 0.4) is 0 Å². The molecule has 0 radical (unpaired) electrons. The van der Waals surface area contributed by atoms with Crippen LogP contribution in [0.2, 0.25) is 0 Å². The molecule has 0 unspecified atom stereocenters. The minimum Gasteiger partial charge on any atom is -0.493 e. The standard InChI is InChI=1S/C21H22N4O2S/c1-11-6-5-7-16-17(11)18-20-23-19(24-25(20)12(2)22-21(18)28-16)13-8-9-14(26-3)15(10-13)27-4/h8-11H,5-7H2,1-4H3/t11-/m1/s1. The molecule has 0 spiro atoms. The largest absolute Gasteiger partial charge is 0.493 e. The average molecular weight is 395 g/mol. The fourth-order valence-corrected chi connectivity index (χ4v) is 5.56. The SMILES string of the molecule is COc1ccc(-c2nc3c4c5c(sc4nc(C)n3n2)CCC[C@H]5C)cc1OC. The Balaban J connectivity index is 1.76. The molecule has 0 saturated heterocycles. The van der Waals surface area contributed by atoms with Crippen LogP contribution in [0, 0.1) is 6.92 Å². The second-order valence-electron chi connectivity index (χ2n) is 7.31. The molecule has 0 fully saturated rings. The van der Waals surface area contributed by atoms with Crippen LogP contribution >= 0.6 is 11.3 Å². The summed E-state index contributed by atoms with van der Waals surface area (Å²) in [7, 11) is 3.27. The van der Waals surface area contributed by atoms with Crippen molar-refractivity contribution in [1.82, 2.24) is 19.6 Å². The quantitative estimate of drug-likeness (QED) is 0.501. The number of thiophene rings is 1. The lowest BCUT2D eigenvalue weighted by atomic mass is 9.87. The first-order valence-corrected chi connectivity index (χ1v) is 10.3. The molecule has 0 aliphatic heterocycles.